The molecule has 0 bridgehead atoms. The van der Waals surface area contributed by atoms with E-state index in [4.69, 9.17) is 6.11 Å². The second-order valence-electron chi connectivity index (χ2n) is 2.65. The molecule has 12 heavy (non-hydrogen) atoms. The molecule has 0 unspecified atom stereocenters. The first-order valence-corrected chi connectivity index (χ1v) is 3.73. The Bertz CT molecular complexity index is 279. The minimum Gasteiger partial charge on any atom is -0.461 e. The van der Waals surface area contributed by atoms with E-state index in [0.717, 1.165) is 5.56 Å². The van der Waals surface area contributed by atoms with Crippen molar-refractivity contribution >= 4 is 5.97 Å². The summed E-state index contributed by atoms with van der Waals surface area (Å²) in [6, 6.07) is 7.74. The Morgan fingerprint density at radius 3 is 2.75 bits per heavy atom. The average molecular weight is 165 g/mol. The maximum absolute atomic E-state index is 10.6. The van der Waals surface area contributed by atoms with Crippen LogP contribution >= 0.6 is 0 Å². The molecule has 0 aliphatic rings. The normalized spacial score (nSPS) is 10.6. The fourth-order valence-corrected chi connectivity index (χ4v) is 0.848. The molecule has 0 saturated carbocycles. The summed E-state index contributed by atoms with van der Waals surface area (Å²) in [4.78, 5) is 10.6. The predicted molar refractivity (Wildman–Crippen MR) is 46.6 cm³/mol. The standard InChI is InChI=1S/C10H12O2/c1-8-3-5-10(6-4-8)7-12-9(2)11/h3-6H,7H2,1-2H3/i2D. The number of carbonyl (C=O) groups is 1. The molecule has 0 aromatic heterocycles. The van der Waals surface area contributed by atoms with E-state index in [1.807, 2.05) is 31.2 Å². The molecule has 0 amide bonds. The lowest BCUT2D eigenvalue weighted by atomic mass is 10.2. The first-order valence-electron chi connectivity index (χ1n) is 4.43. The lowest BCUT2D eigenvalue weighted by Crippen LogP contribution is -1.98. The van der Waals surface area contributed by atoms with E-state index in [-0.39, 0.29) is 13.5 Å². The molecule has 1 aromatic rings. The van der Waals surface area contributed by atoms with Crippen molar-refractivity contribution in [2.75, 3.05) is 0 Å². The van der Waals surface area contributed by atoms with Crippen LogP contribution in [0.2, 0.25) is 0 Å². The molecular weight excluding hydrogens is 152 g/mol. The molecular formula is C10H12O2. The van der Waals surface area contributed by atoms with Gasteiger partial charge >= 0.3 is 5.97 Å². The van der Waals surface area contributed by atoms with E-state index < -0.39 is 5.97 Å². The minimum absolute atomic E-state index is 0.262. The number of carbonyl (C=O) groups excluding carboxylic acids is 1. The van der Waals surface area contributed by atoms with Gasteiger partial charge in [-0.1, -0.05) is 29.8 Å². The van der Waals surface area contributed by atoms with Gasteiger partial charge in [0.1, 0.15) is 6.61 Å². The predicted octanol–water partition coefficient (Wildman–Crippen LogP) is 2.06. The number of hydrogen-bond acceptors (Lipinski definition) is 2. The quantitative estimate of drug-likeness (QED) is 0.627. The summed E-state index contributed by atoms with van der Waals surface area (Å²) < 4.78 is 11.5. The lowest BCUT2D eigenvalue weighted by Gasteiger charge is -2.01. The van der Waals surface area contributed by atoms with Crippen molar-refractivity contribution < 1.29 is 10.9 Å². The Morgan fingerprint density at radius 2 is 2.17 bits per heavy atom. The van der Waals surface area contributed by atoms with E-state index in [1.54, 1.807) is 0 Å². The molecule has 0 N–H and O–H groups in total. The summed E-state index contributed by atoms with van der Waals surface area (Å²) in [6.07, 6.45) is 0. The summed E-state index contributed by atoms with van der Waals surface area (Å²) in [7, 11) is 0. The number of ether oxygens (including phenoxy) is 1. The lowest BCUT2D eigenvalue weighted by molar-refractivity contribution is -0.142. The van der Waals surface area contributed by atoms with Gasteiger partial charge in [-0.2, -0.15) is 0 Å². The van der Waals surface area contributed by atoms with Crippen LogP contribution in [0, 0.1) is 6.92 Å². The summed E-state index contributed by atoms with van der Waals surface area (Å²) in [6.45, 7) is 1.95. The van der Waals surface area contributed by atoms with Gasteiger partial charge in [0.2, 0.25) is 0 Å². The van der Waals surface area contributed by atoms with Gasteiger partial charge in [0.25, 0.3) is 0 Å². The Morgan fingerprint density at radius 1 is 1.50 bits per heavy atom. The third kappa shape index (κ3) is 2.74. The highest BCUT2D eigenvalue weighted by atomic mass is 16.5. The van der Waals surface area contributed by atoms with Crippen molar-refractivity contribution in [2.45, 2.75) is 20.4 Å². The molecule has 0 aliphatic carbocycles. The van der Waals surface area contributed by atoms with Crippen molar-refractivity contribution in [1.29, 1.82) is 0 Å². The zero-order valence-electron chi connectivity index (χ0n) is 8.04. The first-order chi connectivity index (χ1) is 6.22. The van der Waals surface area contributed by atoms with Gasteiger partial charge in [-0.15, -0.1) is 0 Å². The molecule has 2 heteroatoms. The third-order valence-electron chi connectivity index (χ3n) is 1.52. The maximum atomic E-state index is 10.6. The van der Waals surface area contributed by atoms with Gasteiger partial charge in [-0.25, -0.2) is 0 Å². The molecule has 0 spiro atoms. The van der Waals surface area contributed by atoms with Crippen molar-refractivity contribution in [3.63, 3.8) is 0 Å². The number of esters is 1. The number of rotatable bonds is 2. The fourth-order valence-electron chi connectivity index (χ4n) is 0.848. The van der Waals surface area contributed by atoms with Crippen LogP contribution in [-0.4, -0.2) is 5.97 Å². The van der Waals surface area contributed by atoms with Crippen LogP contribution in [-0.2, 0) is 16.1 Å². The zero-order valence-corrected chi connectivity index (χ0v) is 7.04. The van der Waals surface area contributed by atoms with Crippen molar-refractivity contribution in [1.82, 2.24) is 0 Å². The van der Waals surface area contributed by atoms with Crippen molar-refractivity contribution in [3.8, 4) is 0 Å². The summed E-state index contributed by atoms with van der Waals surface area (Å²) in [5, 5.41) is 0. The molecule has 0 radical (unpaired) electrons. The Labute approximate surface area is 73.6 Å². The van der Waals surface area contributed by atoms with E-state index in [1.165, 1.54) is 5.56 Å². The molecule has 0 aliphatic heterocycles. The van der Waals surface area contributed by atoms with Crippen LogP contribution in [0.25, 0.3) is 0 Å². The number of hydrogen-bond donors (Lipinski definition) is 0. The number of benzene rings is 1. The van der Waals surface area contributed by atoms with Crippen LogP contribution in [0.5, 0.6) is 0 Å². The summed E-state index contributed by atoms with van der Waals surface area (Å²) >= 11 is 0. The molecule has 2 nitrogen and oxygen atoms in total. The Balaban J connectivity index is 2.46. The van der Waals surface area contributed by atoms with Crippen LogP contribution < -0.4 is 0 Å². The molecule has 1 aromatic carbocycles. The maximum Gasteiger partial charge on any atom is 0.302 e. The van der Waals surface area contributed by atoms with Gasteiger partial charge in [0.15, 0.2) is 0 Å². The molecule has 0 atom stereocenters. The van der Waals surface area contributed by atoms with Gasteiger partial charge in [0.05, 0.1) is 0 Å². The van der Waals surface area contributed by atoms with E-state index in [9.17, 15) is 4.79 Å². The smallest absolute Gasteiger partial charge is 0.302 e. The van der Waals surface area contributed by atoms with E-state index in [2.05, 4.69) is 0 Å². The molecule has 0 saturated heterocycles. The molecule has 1 rings (SSSR count). The second kappa shape index (κ2) is 3.90. The highest BCUT2D eigenvalue weighted by Crippen LogP contribution is 2.04. The second-order valence-corrected chi connectivity index (χ2v) is 2.65. The fraction of sp³-hybridized carbons (Fsp3) is 0.300. The number of aryl methyl sites for hydroxylation is 1. The summed E-state index contributed by atoms with van der Waals surface area (Å²) in [5.74, 6) is -0.486. The van der Waals surface area contributed by atoms with Crippen molar-refractivity contribution in [2.24, 2.45) is 0 Å². The minimum atomic E-state index is -0.486. The first kappa shape index (κ1) is 7.35. The van der Waals surface area contributed by atoms with Crippen LogP contribution in [0.15, 0.2) is 24.3 Å². The Hall–Kier alpha value is -1.31. The summed E-state index contributed by atoms with van der Waals surface area (Å²) in [5.41, 5.74) is 2.13. The SMILES string of the molecule is [2H]CC(=O)OCc1ccc(C)cc1. The highest BCUT2D eigenvalue weighted by molar-refractivity contribution is 5.65. The van der Waals surface area contributed by atoms with Crippen molar-refractivity contribution in [3.05, 3.63) is 35.4 Å². The molecule has 0 heterocycles. The molecule has 0 fully saturated rings. The van der Waals surface area contributed by atoms with Gasteiger partial charge in [0, 0.05) is 8.27 Å². The third-order valence-corrected chi connectivity index (χ3v) is 1.52. The Kier molecular flexibility index (Phi) is 2.39. The topological polar surface area (TPSA) is 26.3 Å². The largest absolute Gasteiger partial charge is 0.461 e. The van der Waals surface area contributed by atoms with Gasteiger partial charge < -0.3 is 4.74 Å². The van der Waals surface area contributed by atoms with Crippen LogP contribution in [0.3, 0.4) is 0 Å². The van der Waals surface area contributed by atoms with Crippen LogP contribution in [0.1, 0.15) is 19.4 Å². The van der Waals surface area contributed by atoms with Gasteiger partial charge in [-0.3, -0.25) is 4.79 Å². The monoisotopic (exact) mass is 165 g/mol. The zero-order chi connectivity index (χ0) is 9.68. The van der Waals surface area contributed by atoms with E-state index >= 15 is 0 Å². The van der Waals surface area contributed by atoms with Crippen LogP contribution in [0.4, 0.5) is 0 Å². The van der Waals surface area contributed by atoms with Gasteiger partial charge in [-0.05, 0) is 12.5 Å². The highest BCUT2D eigenvalue weighted by Gasteiger charge is 1.94. The van der Waals surface area contributed by atoms with E-state index in [0.29, 0.717) is 0 Å². The average Bonchev–Trinajstić information content (AvgIpc) is 2.16. The molecule has 64 valence electrons.